The lowest BCUT2D eigenvalue weighted by Gasteiger charge is -2.26. The molecule has 0 aromatic carbocycles. The van der Waals surface area contributed by atoms with Crippen LogP contribution in [0.1, 0.15) is 23.0 Å². The van der Waals surface area contributed by atoms with E-state index in [-0.39, 0.29) is 5.91 Å². The van der Waals surface area contributed by atoms with E-state index in [1.54, 1.807) is 0 Å². The highest BCUT2D eigenvalue weighted by atomic mass is 32.1. The van der Waals surface area contributed by atoms with E-state index in [4.69, 9.17) is 5.73 Å². The highest BCUT2D eigenvalue weighted by Crippen LogP contribution is 2.30. The maximum Gasteiger partial charge on any atom is 0.267 e. The molecule has 6 nitrogen and oxygen atoms in total. The zero-order chi connectivity index (χ0) is 14.1. The van der Waals surface area contributed by atoms with Gasteiger partial charge in [-0.15, -0.1) is 0 Å². The maximum absolute atomic E-state index is 12.5. The number of carbonyl (C=O) groups excluding carboxylic acids is 1. The molecule has 1 aromatic rings. The molecule has 3 heterocycles. The van der Waals surface area contributed by atoms with Crippen molar-refractivity contribution in [3.8, 4) is 0 Å². The lowest BCUT2D eigenvalue weighted by Crippen LogP contribution is -2.43. The molecule has 3 rings (SSSR count). The first kappa shape index (κ1) is 13.6. The summed E-state index contributed by atoms with van der Waals surface area (Å²) < 4.78 is 0. The van der Waals surface area contributed by atoms with Crippen LogP contribution in [0.2, 0.25) is 0 Å². The van der Waals surface area contributed by atoms with E-state index in [1.165, 1.54) is 11.3 Å². The number of nitrogens with two attached hydrogens (primary N) is 1. The Labute approximate surface area is 123 Å². The molecule has 3 N–H and O–H groups in total. The van der Waals surface area contributed by atoms with Crippen LogP contribution < -0.4 is 16.0 Å². The van der Waals surface area contributed by atoms with Crippen LogP contribution in [0.15, 0.2) is 0 Å². The van der Waals surface area contributed by atoms with Crippen molar-refractivity contribution in [1.29, 1.82) is 0 Å². The average molecular weight is 295 g/mol. The Morgan fingerprint density at radius 3 is 2.80 bits per heavy atom. The minimum Gasteiger partial charge on any atom is -0.382 e. The van der Waals surface area contributed by atoms with Crippen LogP contribution in [-0.2, 0) is 0 Å². The van der Waals surface area contributed by atoms with Crippen molar-refractivity contribution in [2.75, 3.05) is 49.9 Å². The van der Waals surface area contributed by atoms with Crippen molar-refractivity contribution < 1.29 is 4.79 Å². The second-order valence-electron chi connectivity index (χ2n) is 5.59. The number of likely N-dealkylation sites (tertiary alicyclic amines) is 1. The third-order valence-electron chi connectivity index (χ3n) is 3.93. The summed E-state index contributed by atoms with van der Waals surface area (Å²) in [5, 5.41) is 4.18. The zero-order valence-electron chi connectivity index (χ0n) is 11.8. The molecule has 1 amide bonds. The number of hydrogen-bond donors (Lipinski definition) is 2. The first-order valence-electron chi connectivity index (χ1n) is 7.16. The molecule has 7 heteroatoms. The van der Waals surface area contributed by atoms with Crippen LogP contribution in [-0.4, -0.2) is 55.1 Å². The molecule has 0 bridgehead atoms. The number of nitrogen functional groups attached to an aromatic ring is 1. The van der Waals surface area contributed by atoms with Crippen LogP contribution in [0.4, 0.5) is 10.9 Å². The SMILES string of the molecule is CC1CCN(C(=O)c2sc(N3CCNCC3)nc2N)C1. The summed E-state index contributed by atoms with van der Waals surface area (Å²) in [7, 11) is 0. The molecule has 2 saturated heterocycles. The van der Waals surface area contributed by atoms with Crippen molar-refractivity contribution in [3.05, 3.63) is 4.88 Å². The lowest BCUT2D eigenvalue weighted by molar-refractivity contribution is 0.0793. The third-order valence-corrected chi connectivity index (χ3v) is 5.05. The minimum absolute atomic E-state index is 0.0470. The molecule has 0 radical (unpaired) electrons. The number of amides is 1. The van der Waals surface area contributed by atoms with Crippen molar-refractivity contribution in [2.24, 2.45) is 5.92 Å². The van der Waals surface area contributed by atoms with E-state index in [0.717, 1.165) is 50.8 Å². The van der Waals surface area contributed by atoms with E-state index in [2.05, 4.69) is 22.1 Å². The standard InChI is InChI=1S/C13H21N5OS/c1-9-2-5-18(8-9)12(19)10-11(14)16-13(20-10)17-6-3-15-4-7-17/h9,15H,2-8,14H2,1H3. The van der Waals surface area contributed by atoms with Gasteiger partial charge < -0.3 is 20.9 Å². The quantitative estimate of drug-likeness (QED) is 0.836. The summed E-state index contributed by atoms with van der Waals surface area (Å²) in [6.07, 6.45) is 1.08. The molecule has 20 heavy (non-hydrogen) atoms. The number of thiazole rings is 1. The highest BCUT2D eigenvalue weighted by Gasteiger charge is 2.28. The summed E-state index contributed by atoms with van der Waals surface area (Å²) in [5.74, 6) is 1.01. The minimum atomic E-state index is 0.0470. The molecule has 110 valence electrons. The molecular formula is C13H21N5OS. The van der Waals surface area contributed by atoms with Crippen LogP contribution in [0.5, 0.6) is 0 Å². The fourth-order valence-electron chi connectivity index (χ4n) is 2.73. The smallest absolute Gasteiger partial charge is 0.267 e. The highest BCUT2D eigenvalue weighted by molar-refractivity contribution is 7.18. The topological polar surface area (TPSA) is 74.5 Å². The number of nitrogens with one attached hydrogen (secondary N) is 1. The molecule has 0 aliphatic carbocycles. The number of piperazine rings is 1. The van der Waals surface area contributed by atoms with E-state index in [1.807, 2.05) is 4.90 Å². The van der Waals surface area contributed by atoms with Gasteiger partial charge in [0.15, 0.2) is 5.13 Å². The van der Waals surface area contributed by atoms with E-state index < -0.39 is 0 Å². The van der Waals surface area contributed by atoms with Gasteiger partial charge in [0.05, 0.1) is 0 Å². The molecule has 2 aliphatic rings. The Balaban J connectivity index is 1.76. The monoisotopic (exact) mass is 295 g/mol. The second-order valence-corrected chi connectivity index (χ2v) is 6.57. The number of aromatic nitrogens is 1. The molecule has 2 aliphatic heterocycles. The van der Waals surface area contributed by atoms with E-state index >= 15 is 0 Å². The van der Waals surface area contributed by atoms with Gasteiger partial charge in [-0.1, -0.05) is 18.3 Å². The summed E-state index contributed by atoms with van der Waals surface area (Å²) >= 11 is 1.43. The van der Waals surface area contributed by atoms with Crippen LogP contribution in [0.25, 0.3) is 0 Å². The Bertz CT molecular complexity index is 497. The number of rotatable bonds is 2. The Hall–Kier alpha value is -1.34. The van der Waals surface area contributed by atoms with Crippen molar-refractivity contribution in [2.45, 2.75) is 13.3 Å². The average Bonchev–Trinajstić information content (AvgIpc) is 3.05. The van der Waals surface area contributed by atoms with Gasteiger partial charge in [-0.25, -0.2) is 4.98 Å². The summed E-state index contributed by atoms with van der Waals surface area (Å²) in [6, 6.07) is 0. The largest absolute Gasteiger partial charge is 0.382 e. The summed E-state index contributed by atoms with van der Waals surface area (Å²) in [6.45, 7) is 7.58. The van der Waals surface area contributed by atoms with E-state index in [9.17, 15) is 4.79 Å². The Morgan fingerprint density at radius 2 is 2.15 bits per heavy atom. The van der Waals surface area contributed by atoms with Gasteiger partial charge in [0.1, 0.15) is 10.7 Å². The fraction of sp³-hybridized carbons (Fsp3) is 0.692. The Morgan fingerprint density at radius 1 is 1.40 bits per heavy atom. The van der Waals surface area contributed by atoms with Gasteiger partial charge in [-0.05, 0) is 12.3 Å². The first-order chi connectivity index (χ1) is 9.65. The molecule has 0 spiro atoms. The van der Waals surface area contributed by atoms with Gasteiger partial charge in [-0.3, -0.25) is 4.79 Å². The number of anilines is 2. The second kappa shape index (κ2) is 5.57. The van der Waals surface area contributed by atoms with Gasteiger partial charge in [-0.2, -0.15) is 0 Å². The normalized spacial score (nSPS) is 23.4. The zero-order valence-corrected chi connectivity index (χ0v) is 12.6. The summed E-state index contributed by atoms with van der Waals surface area (Å²) in [4.78, 5) is 21.6. The summed E-state index contributed by atoms with van der Waals surface area (Å²) in [5.41, 5.74) is 5.96. The predicted molar refractivity (Wildman–Crippen MR) is 81.3 cm³/mol. The van der Waals surface area contributed by atoms with Gasteiger partial charge in [0, 0.05) is 39.3 Å². The number of carbonyl (C=O) groups is 1. The van der Waals surface area contributed by atoms with Crippen LogP contribution in [0.3, 0.4) is 0 Å². The molecule has 1 aromatic heterocycles. The van der Waals surface area contributed by atoms with E-state index in [0.29, 0.717) is 16.6 Å². The molecule has 0 saturated carbocycles. The molecule has 2 fully saturated rings. The lowest BCUT2D eigenvalue weighted by atomic mass is 10.2. The maximum atomic E-state index is 12.5. The number of hydrogen-bond acceptors (Lipinski definition) is 6. The van der Waals surface area contributed by atoms with Crippen LogP contribution in [0, 0.1) is 5.92 Å². The van der Waals surface area contributed by atoms with Gasteiger partial charge in [0.25, 0.3) is 5.91 Å². The first-order valence-corrected chi connectivity index (χ1v) is 7.98. The molecule has 1 unspecified atom stereocenters. The van der Waals surface area contributed by atoms with Gasteiger partial charge in [0.2, 0.25) is 0 Å². The Kier molecular flexibility index (Phi) is 3.80. The molecular weight excluding hydrogens is 274 g/mol. The van der Waals surface area contributed by atoms with Crippen LogP contribution >= 0.6 is 11.3 Å². The van der Waals surface area contributed by atoms with Crippen molar-refractivity contribution in [1.82, 2.24) is 15.2 Å². The molecule has 1 atom stereocenters. The third kappa shape index (κ3) is 2.60. The van der Waals surface area contributed by atoms with Gasteiger partial charge >= 0.3 is 0 Å². The fourth-order valence-corrected chi connectivity index (χ4v) is 3.73. The number of nitrogens with zero attached hydrogens (tertiary/aromatic N) is 3. The predicted octanol–water partition coefficient (Wildman–Crippen LogP) is 0.617. The van der Waals surface area contributed by atoms with Crippen molar-refractivity contribution >= 4 is 28.2 Å². The van der Waals surface area contributed by atoms with Crippen molar-refractivity contribution in [3.63, 3.8) is 0 Å².